The lowest BCUT2D eigenvalue weighted by molar-refractivity contribution is 0.0975. The summed E-state index contributed by atoms with van der Waals surface area (Å²) in [5, 5.41) is 13.7. The zero-order chi connectivity index (χ0) is 17.5. The number of aromatic nitrogens is 2. The second-order valence-corrected chi connectivity index (χ2v) is 7.72. The molecule has 25 heavy (non-hydrogen) atoms. The van der Waals surface area contributed by atoms with Crippen molar-refractivity contribution in [2.45, 2.75) is 23.7 Å². The number of rotatable bonds is 4. The fourth-order valence-electron chi connectivity index (χ4n) is 2.61. The fraction of sp³-hybridized carbons (Fsp3) is 0.267. The van der Waals surface area contributed by atoms with Gasteiger partial charge in [-0.1, -0.05) is 12.1 Å². The minimum Gasteiger partial charge on any atom is -0.370 e. The number of hydrogen-bond donors (Lipinski definition) is 3. The number of benzene rings is 1. The average molecular weight is 384 g/mol. The van der Waals surface area contributed by atoms with Crippen LogP contribution in [0.2, 0.25) is 0 Å². The van der Waals surface area contributed by atoms with Gasteiger partial charge in [0, 0.05) is 12.2 Å². The molecule has 3 rings (SSSR count). The van der Waals surface area contributed by atoms with E-state index in [9.17, 15) is 13.2 Å². The van der Waals surface area contributed by atoms with Crippen molar-refractivity contribution in [2.75, 3.05) is 6.26 Å². The maximum atomic E-state index is 12.2. The van der Waals surface area contributed by atoms with Crippen LogP contribution in [-0.2, 0) is 9.84 Å². The van der Waals surface area contributed by atoms with Crippen molar-refractivity contribution in [1.29, 1.82) is 5.41 Å². The van der Waals surface area contributed by atoms with Crippen LogP contribution in [0.3, 0.4) is 0 Å². The highest BCUT2D eigenvalue weighted by atomic mass is 35.5. The van der Waals surface area contributed by atoms with E-state index in [2.05, 4.69) is 10.4 Å². The quantitative estimate of drug-likeness (QED) is 0.539. The predicted octanol–water partition coefficient (Wildman–Crippen LogP) is 1.20. The standard InChI is InChI=1S/C15H17N5O3S.ClH/c1-24(22,23)12-5-3-2-4-11(12)20-13(9-6-7-9)10(8-18-20)14(21)19-15(16)17;/h2-5,8-9H,6-7H2,1H3,(H4,16,17,19,21);1H. The zero-order valence-electron chi connectivity index (χ0n) is 13.4. The van der Waals surface area contributed by atoms with E-state index >= 15 is 0 Å². The lowest BCUT2D eigenvalue weighted by Crippen LogP contribution is -2.36. The number of halogens is 1. The summed E-state index contributed by atoms with van der Waals surface area (Å²) in [6, 6.07) is 6.53. The fourth-order valence-corrected chi connectivity index (χ4v) is 3.47. The van der Waals surface area contributed by atoms with Crippen molar-refractivity contribution in [2.24, 2.45) is 5.73 Å². The van der Waals surface area contributed by atoms with Crippen molar-refractivity contribution in [3.05, 3.63) is 41.7 Å². The summed E-state index contributed by atoms with van der Waals surface area (Å²) < 4.78 is 25.6. The molecule has 1 aromatic carbocycles. The first-order chi connectivity index (χ1) is 11.3. The van der Waals surface area contributed by atoms with Crippen molar-refractivity contribution in [3.8, 4) is 5.69 Å². The van der Waals surface area contributed by atoms with Crippen LogP contribution in [0.15, 0.2) is 35.4 Å². The maximum Gasteiger partial charge on any atom is 0.261 e. The second-order valence-electron chi connectivity index (χ2n) is 5.74. The maximum absolute atomic E-state index is 12.2. The van der Waals surface area contributed by atoms with Gasteiger partial charge in [0.2, 0.25) is 0 Å². The van der Waals surface area contributed by atoms with Gasteiger partial charge in [0.25, 0.3) is 5.91 Å². The predicted molar refractivity (Wildman–Crippen MR) is 95.3 cm³/mol. The molecule has 8 nitrogen and oxygen atoms in total. The average Bonchev–Trinajstić information content (AvgIpc) is 3.23. The van der Waals surface area contributed by atoms with Crippen LogP contribution < -0.4 is 11.1 Å². The number of nitrogens with one attached hydrogen (secondary N) is 2. The van der Waals surface area contributed by atoms with Gasteiger partial charge in [0.1, 0.15) is 0 Å². The van der Waals surface area contributed by atoms with Crippen molar-refractivity contribution in [1.82, 2.24) is 15.1 Å². The summed E-state index contributed by atoms with van der Waals surface area (Å²) in [7, 11) is -3.45. The van der Waals surface area contributed by atoms with Crippen LogP contribution in [0.4, 0.5) is 0 Å². The van der Waals surface area contributed by atoms with Crippen LogP contribution in [0, 0.1) is 5.41 Å². The Morgan fingerprint density at radius 2 is 2.00 bits per heavy atom. The van der Waals surface area contributed by atoms with Crippen molar-refractivity contribution >= 4 is 34.1 Å². The molecule has 0 atom stereocenters. The van der Waals surface area contributed by atoms with Gasteiger partial charge >= 0.3 is 0 Å². The highest BCUT2D eigenvalue weighted by molar-refractivity contribution is 7.90. The van der Waals surface area contributed by atoms with Gasteiger partial charge in [-0.05, 0) is 25.0 Å². The summed E-state index contributed by atoms with van der Waals surface area (Å²) in [6.07, 6.45) is 4.31. The topological polar surface area (TPSA) is 131 Å². The number of nitrogens with two attached hydrogens (primary N) is 1. The SMILES string of the molecule is CS(=O)(=O)c1ccccc1-n1ncc(C(=O)NC(=N)N)c1C1CC1.Cl. The molecule has 1 aliphatic carbocycles. The molecule has 1 amide bonds. The third-order valence-electron chi connectivity index (χ3n) is 3.76. The molecule has 0 spiro atoms. The summed E-state index contributed by atoms with van der Waals surface area (Å²) in [4.78, 5) is 12.4. The monoisotopic (exact) mass is 383 g/mol. The van der Waals surface area contributed by atoms with Gasteiger partial charge in [0.05, 0.1) is 28.0 Å². The Hall–Kier alpha value is -2.39. The summed E-state index contributed by atoms with van der Waals surface area (Å²) in [6.45, 7) is 0. The normalized spacial score (nSPS) is 13.8. The number of amides is 1. The molecule has 1 heterocycles. The van der Waals surface area contributed by atoms with E-state index in [-0.39, 0.29) is 23.2 Å². The Labute approximate surface area is 151 Å². The van der Waals surface area contributed by atoms with Crippen molar-refractivity contribution < 1.29 is 13.2 Å². The van der Waals surface area contributed by atoms with Crippen LogP contribution in [0.1, 0.15) is 34.8 Å². The Kier molecular flexibility index (Phi) is 5.19. The van der Waals surface area contributed by atoms with Gasteiger partial charge in [-0.3, -0.25) is 15.5 Å². The number of guanidine groups is 1. The first-order valence-corrected chi connectivity index (χ1v) is 9.21. The van der Waals surface area contributed by atoms with E-state index in [1.807, 2.05) is 0 Å². The molecule has 0 radical (unpaired) electrons. The first kappa shape index (κ1) is 18.9. The van der Waals surface area contributed by atoms with Crippen LogP contribution in [0.5, 0.6) is 0 Å². The van der Waals surface area contributed by atoms with Crippen LogP contribution in [-0.4, -0.2) is 36.3 Å². The lowest BCUT2D eigenvalue weighted by atomic mass is 10.1. The highest BCUT2D eigenvalue weighted by Crippen LogP contribution is 2.43. The molecule has 1 aromatic heterocycles. The Balaban J connectivity index is 0.00000225. The van der Waals surface area contributed by atoms with E-state index in [1.165, 1.54) is 16.9 Å². The largest absolute Gasteiger partial charge is 0.370 e. The van der Waals surface area contributed by atoms with E-state index in [4.69, 9.17) is 11.1 Å². The molecule has 0 aliphatic heterocycles. The van der Waals surface area contributed by atoms with Gasteiger partial charge < -0.3 is 5.73 Å². The van der Waals surface area contributed by atoms with Gasteiger partial charge in [0.15, 0.2) is 15.8 Å². The summed E-state index contributed by atoms with van der Waals surface area (Å²) >= 11 is 0. The van der Waals surface area contributed by atoms with Crippen molar-refractivity contribution in [3.63, 3.8) is 0 Å². The molecule has 1 saturated carbocycles. The number of para-hydroxylation sites is 1. The molecular weight excluding hydrogens is 366 g/mol. The Morgan fingerprint density at radius 1 is 1.36 bits per heavy atom. The van der Waals surface area contributed by atoms with Gasteiger partial charge in [-0.2, -0.15) is 5.10 Å². The summed E-state index contributed by atoms with van der Waals surface area (Å²) in [5.41, 5.74) is 6.57. The smallest absolute Gasteiger partial charge is 0.261 e. The Morgan fingerprint density at radius 3 is 2.56 bits per heavy atom. The zero-order valence-corrected chi connectivity index (χ0v) is 15.0. The molecule has 0 saturated heterocycles. The Bertz CT molecular complexity index is 934. The number of nitrogens with zero attached hydrogens (tertiary/aromatic N) is 2. The molecule has 10 heteroatoms. The van der Waals surface area contributed by atoms with Crippen LogP contribution >= 0.6 is 12.4 Å². The number of hydrogen-bond acceptors (Lipinski definition) is 5. The van der Waals surface area contributed by atoms with Gasteiger partial charge in [-0.15, -0.1) is 12.4 Å². The van der Waals surface area contributed by atoms with E-state index in [0.717, 1.165) is 19.1 Å². The number of carbonyl (C=O) groups excluding carboxylic acids is 1. The molecule has 0 unspecified atom stereocenters. The second kappa shape index (κ2) is 6.85. The molecule has 1 aliphatic rings. The molecular formula is C15H18ClN5O3S. The molecule has 134 valence electrons. The van der Waals surface area contributed by atoms with E-state index in [0.29, 0.717) is 16.9 Å². The van der Waals surface area contributed by atoms with E-state index < -0.39 is 21.7 Å². The number of carbonyl (C=O) groups is 1. The van der Waals surface area contributed by atoms with Crippen LogP contribution in [0.25, 0.3) is 5.69 Å². The first-order valence-electron chi connectivity index (χ1n) is 7.32. The molecule has 4 N–H and O–H groups in total. The molecule has 2 aromatic rings. The number of sulfone groups is 1. The molecule has 0 bridgehead atoms. The third-order valence-corrected chi connectivity index (χ3v) is 4.90. The minimum atomic E-state index is -3.45. The third kappa shape index (κ3) is 3.83. The van der Waals surface area contributed by atoms with E-state index in [1.54, 1.807) is 18.2 Å². The summed E-state index contributed by atoms with van der Waals surface area (Å²) in [5.74, 6) is -0.841. The van der Waals surface area contributed by atoms with Gasteiger partial charge in [-0.25, -0.2) is 13.1 Å². The highest BCUT2D eigenvalue weighted by Gasteiger charge is 2.34. The lowest BCUT2D eigenvalue weighted by Gasteiger charge is -2.12. The minimum absolute atomic E-state index is 0. The molecule has 1 fully saturated rings.